The van der Waals surface area contributed by atoms with Crippen LogP contribution in [0.2, 0.25) is 5.02 Å². The standard InChI is InChI=1S/C10H12ClN/c1-2-7-8-5-6-12-10(8)4-3-9(7)11/h3-4,12H,2,5-6H2,1H3. The Morgan fingerprint density at radius 2 is 2.33 bits per heavy atom. The van der Waals surface area contributed by atoms with Gasteiger partial charge in [0.05, 0.1) is 0 Å². The van der Waals surface area contributed by atoms with Crippen molar-refractivity contribution >= 4 is 17.3 Å². The number of halogens is 1. The van der Waals surface area contributed by atoms with Crippen molar-refractivity contribution in [1.82, 2.24) is 0 Å². The molecule has 2 rings (SSSR count). The molecular weight excluding hydrogens is 170 g/mol. The summed E-state index contributed by atoms with van der Waals surface area (Å²) in [5.41, 5.74) is 4.01. The lowest BCUT2D eigenvalue weighted by Crippen LogP contribution is -1.90. The summed E-state index contributed by atoms with van der Waals surface area (Å²) in [6, 6.07) is 4.06. The van der Waals surface area contributed by atoms with E-state index in [0.29, 0.717) is 0 Å². The molecule has 0 radical (unpaired) electrons. The minimum absolute atomic E-state index is 0.917. The lowest BCUT2D eigenvalue weighted by molar-refractivity contribution is 1.04. The number of nitrogens with one attached hydrogen (secondary N) is 1. The Morgan fingerprint density at radius 1 is 1.50 bits per heavy atom. The van der Waals surface area contributed by atoms with Crippen LogP contribution in [0, 0.1) is 0 Å². The average molecular weight is 182 g/mol. The molecule has 0 aliphatic carbocycles. The number of anilines is 1. The van der Waals surface area contributed by atoms with E-state index in [2.05, 4.69) is 18.3 Å². The highest BCUT2D eigenvalue weighted by Gasteiger charge is 2.14. The monoisotopic (exact) mass is 181 g/mol. The van der Waals surface area contributed by atoms with Gasteiger partial charge in [0.15, 0.2) is 0 Å². The van der Waals surface area contributed by atoms with E-state index in [1.54, 1.807) is 0 Å². The van der Waals surface area contributed by atoms with E-state index in [4.69, 9.17) is 11.6 Å². The Labute approximate surface area is 77.7 Å². The first-order valence-corrected chi connectivity index (χ1v) is 4.75. The number of benzene rings is 1. The molecule has 0 atom stereocenters. The molecule has 2 heteroatoms. The Balaban J connectivity index is 2.57. The van der Waals surface area contributed by atoms with Crippen LogP contribution < -0.4 is 5.32 Å². The van der Waals surface area contributed by atoms with Crippen LogP contribution in [-0.2, 0) is 12.8 Å². The summed E-state index contributed by atoms with van der Waals surface area (Å²) in [4.78, 5) is 0. The van der Waals surface area contributed by atoms with E-state index in [1.807, 2.05) is 6.07 Å². The number of hydrogen-bond acceptors (Lipinski definition) is 1. The number of rotatable bonds is 1. The quantitative estimate of drug-likeness (QED) is 0.703. The van der Waals surface area contributed by atoms with Crippen molar-refractivity contribution in [2.75, 3.05) is 11.9 Å². The van der Waals surface area contributed by atoms with Crippen LogP contribution >= 0.6 is 11.6 Å². The van der Waals surface area contributed by atoms with Gasteiger partial charge in [-0.3, -0.25) is 0 Å². The van der Waals surface area contributed by atoms with E-state index >= 15 is 0 Å². The van der Waals surface area contributed by atoms with Crippen LogP contribution in [0.4, 0.5) is 5.69 Å². The van der Waals surface area contributed by atoms with Gasteiger partial charge in [0, 0.05) is 17.3 Å². The third-order valence-corrected chi connectivity index (χ3v) is 2.77. The summed E-state index contributed by atoms with van der Waals surface area (Å²) >= 11 is 6.08. The molecule has 1 aliphatic heterocycles. The first kappa shape index (κ1) is 7.93. The smallest absolute Gasteiger partial charge is 0.0442 e. The highest BCUT2D eigenvalue weighted by Crippen LogP contribution is 2.31. The minimum atomic E-state index is 0.917. The van der Waals surface area contributed by atoms with Gasteiger partial charge in [-0.15, -0.1) is 0 Å². The van der Waals surface area contributed by atoms with Crippen LogP contribution in [0.25, 0.3) is 0 Å². The molecule has 0 bridgehead atoms. The highest BCUT2D eigenvalue weighted by molar-refractivity contribution is 6.31. The summed E-state index contributed by atoms with van der Waals surface area (Å²) in [5, 5.41) is 4.26. The second-order valence-corrected chi connectivity index (χ2v) is 3.49. The second kappa shape index (κ2) is 2.98. The topological polar surface area (TPSA) is 12.0 Å². The normalized spacial score (nSPS) is 14.2. The van der Waals surface area contributed by atoms with Crippen LogP contribution in [0.5, 0.6) is 0 Å². The van der Waals surface area contributed by atoms with Gasteiger partial charge in [-0.1, -0.05) is 18.5 Å². The number of hydrogen-bond donors (Lipinski definition) is 1. The second-order valence-electron chi connectivity index (χ2n) is 3.08. The van der Waals surface area contributed by atoms with E-state index in [9.17, 15) is 0 Å². The third-order valence-electron chi connectivity index (χ3n) is 2.42. The van der Waals surface area contributed by atoms with Crippen LogP contribution in [-0.4, -0.2) is 6.54 Å². The summed E-state index contributed by atoms with van der Waals surface area (Å²) in [7, 11) is 0. The van der Waals surface area contributed by atoms with E-state index in [-0.39, 0.29) is 0 Å². The first-order valence-electron chi connectivity index (χ1n) is 4.37. The Morgan fingerprint density at radius 3 is 3.08 bits per heavy atom. The Kier molecular flexibility index (Phi) is 1.97. The number of fused-ring (bicyclic) bond motifs is 1. The maximum absolute atomic E-state index is 6.08. The molecule has 0 aromatic heterocycles. The third kappa shape index (κ3) is 1.09. The van der Waals surface area contributed by atoms with Crippen LogP contribution in [0.1, 0.15) is 18.1 Å². The van der Waals surface area contributed by atoms with Gasteiger partial charge >= 0.3 is 0 Å². The molecule has 1 nitrogen and oxygen atoms in total. The molecular formula is C10H12ClN. The summed E-state index contributed by atoms with van der Waals surface area (Å²) in [6.07, 6.45) is 2.16. The SMILES string of the molecule is CCc1c(Cl)ccc2c1CCN2. The summed E-state index contributed by atoms with van der Waals surface area (Å²) < 4.78 is 0. The molecule has 0 fully saturated rings. The van der Waals surface area contributed by atoms with E-state index in [0.717, 1.165) is 24.4 Å². The molecule has 0 saturated heterocycles. The maximum atomic E-state index is 6.08. The molecule has 0 unspecified atom stereocenters. The summed E-state index contributed by atoms with van der Waals surface area (Å²) in [6.45, 7) is 3.21. The van der Waals surface area contributed by atoms with Crippen LogP contribution in [0.3, 0.4) is 0 Å². The van der Waals surface area contributed by atoms with Gasteiger partial charge in [0.1, 0.15) is 0 Å². The van der Waals surface area contributed by atoms with Gasteiger partial charge in [-0.05, 0) is 36.1 Å². The zero-order valence-corrected chi connectivity index (χ0v) is 7.91. The van der Waals surface area contributed by atoms with Crippen molar-refractivity contribution in [3.8, 4) is 0 Å². The lowest BCUT2D eigenvalue weighted by atomic mass is 10.0. The Hall–Kier alpha value is -0.690. The molecule has 0 saturated carbocycles. The van der Waals surface area contributed by atoms with Gasteiger partial charge < -0.3 is 5.32 Å². The first-order chi connectivity index (χ1) is 5.83. The zero-order valence-electron chi connectivity index (χ0n) is 7.15. The minimum Gasteiger partial charge on any atom is -0.384 e. The highest BCUT2D eigenvalue weighted by atomic mass is 35.5. The van der Waals surface area contributed by atoms with Crippen molar-refractivity contribution < 1.29 is 0 Å². The zero-order chi connectivity index (χ0) is 8.55. The predicted octanol–water partition coefficient (Wildman–Crippen LogP) is 2.87. The molecule has 64 valence electrons. The van der Waals surface area contributed by atoms with Gasteiger partial charge in [0.2, 0.25) is 0 Å². The van der Waals surface area contributed by atoms with Crippen molar-refractivity contribution in [1.29, 1.82) is 0 Å². The molecule has 0 spiro atoms. The average Bonchev–Trinajstić information content (AvgIpc) is 2.52. The van der Waals surface area contributed by atoms with E-state index < -0.39 is 0 Å². The van der Waals surface area contributed by atoms with Crippen molar-refractivity contribution in [3.05, 3.63) is 28.3 Å². The van der Waals surface area contributed by atoms with Crippen LogP contribution in [0.15, 0.2) is 12.1 Å². The fourth-order valence-corrected chi connectivity index (χ4v) is 2.13. The Bertz CT molecular complexity index is 307. The fraction of sp³-hybridized carbons (Fsp3) is 0.400. The largest absolute Gasteiger partial charge is 0.384 e. The maximum Gasteiger partial charge on any atom is 0.0442 e. The van der Waals surface area contributed by atoms with Crippen molar-refractivity contribution in [3.63, 3.8) is 0 Å². The molecule has 1 heterocycles. The van der Waals surface area contributed by atoms with Gasteiger partial charge in [-0.2, -0.15) is 0 Å². The molecule has 0 amide bonds. The van der Waals surface area contributed by atoms with Crippen molar-refractivity contribution in [2.24, 2.45) is 0 Å². The fourth-order valence-electron chi connectivity index (χ4n) is 1.82. The summed E-state index contributed by atoms with van der Waals surface area (Å²) in [5.74, 6) is 0. The van der Waals surface area contributed by atoms with E-state index in [1.165, 1.54) is 16.8 Å². The molecule has 1 aliphatic rings. The predicted molar refractivity (Wildman–Crippen MR) is 53.0 cm³/mol. The molecule has 1 aromatic carbocycles. The molecule has 12 heavy (non-hydrogen) atoms. The molecule has 1 aromatic rings. The van der Waals surface area contributed by atoms with Gasteiger partial charge in [-0.25, -0.2) is 0 Å². The molecule has 1 N–H and O–H groups in total. The lowest BCUT2D eigenvalue weighted by Gasteiger charge is -2.07. The van der Waals surface area contributed by atoms with Crippen molar-refractivity contribution in [2.45, 2.75) is 19.8 Å². The van der Waals surface area contributed by atoms with Gasteiger partial charge in [0.25, 0.3) is 0 Å².